The molecule has 4 nitrogen and oxygen atoms in total. The molecule has 0 bridgehead atoms. The van der Waals surface area contributed by atoms with Gasteiger partial charge in [0.2, 0.25) is 3.79 Å². The number of nitrogens with two attached hydrogens (primary N) is 1. The van der Waals surface area contributed by atoms with Crippen LogP contribution >= 0.6 is 34.8 Å². The van der Waals surface area contributed by atoms with Gasteiger partial charge in [-0.15, -0.1) is 0 Å². The quantitative estimate of drug-likeness (QED) is 0.306. The van der Waals surface area contributed by atoms with Gasteiger partial charge in [-0.2, -0.15) is 5.10 Å². The molecule has 0 heterocycles. The first kappa shape index (κ1) is 14.1. The monoisotopic (exact) mass is 294 g/mol. The molecule has 0 aromatic heterocycles. The molecule has 0 unspecified atom stereocenters. The Hall–Kier alpha value is -0.970. The summed E-state index contributed by atoms with van der Waals surface area (Å²) in [5.41, 5.74) is 0.504. The van der Waals surface area contributed by atoms with Crippen molar-refractivity contribution in [1.29, 1.82) is 0 Å². The van der Waals surface area contributed by atoms with Crippen molar-refractivity contribution in [2.75, 3.05) is 6.61 Å². The van der Waals surface area contributed by atoms with Crippen molar-refractivity contribution in [2.45, 2.75) is 3.79 Å². The Balaban J connectivity index is 2.74. The third kappa shape index (κ3) is 4.81. The number of hydrogen-bond donors (Lipinski definition) is 1. The minimum absolute atomic E-state index is 0.0279. The molecule has 0 amide bonds. The number of esters is 1. The summed E-state index contributed by atoms with van der Waals surface area (Å²) in [4.78, 5) is 11.6. The van der Waals surface area contributed by atoms with Crippen LogP contribution in [0.4, 0.5) is 0 Å². The molecule has 1 aromatic rings. The fraction of sp³-hybridized carbons (Fsp3) is 0.200. The fourth-order valence-electron chi connectivity index (χ4n) is 1.06. The van der Waals surface area contributed by atoms with E-state index in [-0.39, 0.29) is 12.3 Å². The van der Waals surface area contributed by atoms with Crippen LogP contribution in [0.5, 0.6) is 0 Å². The van der Waals surface area contributed by atoms with Gasteiger partial charge < -0.3 is 10.6 Å². The van der Waals surface area contributed by atoms with E-state index in [9.17, 15) is 4.79 Å². The molecule has 1 rings (SSSR count). The Morgan fingerprint density at radius 2 is 1.88 bits per heavy atom. The highest BCUT2D eigenvalue weighted by atomic mass is 35.6. The topological polar surface area (TPSA) is 64.7 Å². The van der Waals surface area contributed by atoms with Crippen LogP contribution in [0, 0.1) is 0 Å². The van der Waals surface area contributed by atoms with Gasteiger partial charge in [0.25, 0.3) is 0 Å². The summed E-state index contributed by atoms with van der Waals surface area (Å²) in [6.07, 6.45) is 0. The summed E-state index contributed by atoms with van der Waals surface area (Å²) in [6, 6.07) is 8.61. The fourth-order valence-corrected chi connectivity index (χ4v) is 1.22. The Kier molecular flexibility index (Phi) is 5.05. The van der Waals surface area contributed by atoms with Crippen molar-refractivity contribution in [1.82, 2.24) is 0 Å². The molecule has 7 heteroatoms. The van der Waals surface area contributed by atoms with E-state index in [4.69, 9.17) is 45.4 Å². The summed E-state index contributed by atoms with van der Waals surface area (Å²) in [5, 5.41) is 3.37. The van der Waals surface area contributed by atoms with E-state index < -0.39 is 9.76 Å². The summed E-state index contributed by atoms with van der Waals surface area (Å²) in [6.45, 7) is -0.373. The standard InChI is InChI=1S/C10H9Cl3N2O2/c11-10(12,13)6-17-9(16)8(15-14)7-4-2-1-3-5-7/h1-5H,6,14H2/b15-8+. The van der Waals surface area contributed by atoms with Crippen molar-refractivity contribution in [3.05, 3.63) is 35.9 Å². The van der Waals surface area contributed by atoms with Gasteiger partial charge in [0, 0.05) is 5.56 Å². The summed E-state index contributed by atoms with van der Waals surface area (Å²) >= 11 is 16.4. The number of benzene rings is 1. The second-order valence-electron chi connectivity index (χ2n) is 3.04. The van der Waals surface area contributed by atoms with Crippen LogP contribution in [-0.2, 0) is 9.53 Å². The zero-order valence-electron chi connectivity index (χ0n) is 8.57. The van der Waals surface area contributed by atoms with Crippen LogP contribution < -0.4 is 5.84 Å². The third-order valence-corrected chi connectivity index (χ3v) is 2.06. The second kappa shape index (κ2) is 6.10. The molecule has 0 aliphatic heterocycles. The Bertz CT molecular complexity index is 415. The minimum Gasteiger partial charge on any atom is -0.456 e. The highest BCUT2D eigenvalue weighted by Crippen LogP contribution is 2.26. The highest BCUT2D eigenvalue weighted by Gasteiger charge is 2.24. The SMILES string of the molecule is N/N=C(/C(=O)OCC(Cl)(Cl)Cl)c1ccccc1. The van der Waals surface area contributed by atoms with Gasteiger partial charge in [0.05, 0.1) is 0 Å². The first-order chi connectivity index (χ1) is 7.94. The predicted octanol–water partition coefficient (Wildman–Crippen LogP) is 2.26. The van der Waals surface area contributed by atoms with Crippen LogP contribution in [0.3, 0.4) is 0 Å². The number of halogens is 3. The Labute approximate surface area is 113 Å². The van der Waals surface area contributed by atoms with Crippen LogP contribution in [0.1, 0.15) is 5.56 Å². The number of carbonyl (C=O) groups is 1. The third-order valence-electron chi connectivity index (χ3n) is 1.74. The van der Waals surface area contributed by atoms with Crippen molar-refractivity contribution in [3.8, 4) is 0 Å². The summed E-state index contributed by atoms with van der Waals surface area (Å²) < 4.78 is 3.11. The van der Waals surface area contributed by atoms with Crippen LogP contribution in [0.2, 0.25) is 0 Å². The van der Waals surface area contributed by atoms with Gasteiger partial charge in [-0.1, -0.05) is 65.1 Å². The molecule has 0 saturated carbocycles. The lowest BCUT2D eigenvalue weighted by atomic mass is 10.1. The van der Waals surface area contributed by atoms with Crippen molar-refractivity contribution < 1.29 is 9.53 Å². The lowest BCUT2D eigenvalue weighted by molar-refractivity contribution is -0.135. The maximum Gasteiger partial charge on any atom is 0.359 e. The first-order valence-electron chi connectivity index (χ1n) is 4.51. The number of hydrogen-bond acceptors (Lipinski definition) is 4. The summed E-state index contributed by atoms with van der Waals surface area (Å²) in [5.74, 6) is 4.39. The number of carbonyl (C=O) groups excluding carboxylic acids is 1. The first-order valence-corrected chi connectivity index (χ1v) is 5.64. The van der Waals surface area contributed by atoms with Crippen molar-refractivity contribution >= 4 is 46.5 Å². The molecule has 0 fully saturated rings. The molecule has 0 saturated heterocycles. The maximum atomic E-state index is 11.6. The second-order valence-corrected chi connectivity index (χ2v) is 5.55. The van der Waals surface area contributed by atoms with E-state index in [1.165, 1.54) is 0 Å². The lowest BCUT2D eigenvalue weighted by Crippen LogP contribution is -2.25. The molecule has 1 aromatic carbocycles. The molecule has 0 atom stereocenters. The number of hydrazone groups is 1. The number of rotatable bonds is 3. The molecule has 0 radical (unpaired) electrons. The van der Waals surface area contributed by atoms with E-state index >= 15 is 0 Å². The van der Waals surface area contributed by atoms with Gasteiger partial charge >= 0.3 is 5.97 Å². The average Bonchev–Trinajstić information content (AvgIpc) is 2.28. The smallest absolute Gasteiger partial charge is 0.359 e. The molecule has 2 N–H and O–H groups in total. The van der Waals surface area contributed by atoms with Gasteiger partial charge in [-0.3, -0.25) is 0 Å². The lowest BCUT2D eigenvalue weighted by Gasteiger charge is -2.11. The molecule has 17 heavy (non-hydrogen) atoms. The van der Waals surface area contributed by atoms with E-state index in [0.717, 1.165) is 0 Å². The largest absolute Gasteiger partial charge is 0.456 e. The van der Waals surface area contributed by atoms with Crippen LogP contribution in [0.25, 0.3) is 0 Å². The van der Waals surface area contributed by atoms with Gasteiger partial charge in [-0.25, -0.2) is 4.79 Å². The van der Waals surface area contributed by atoms with Crippen molar-refractivity contribution in [3.63, 3.8) is 0 Å². The zero-order chi connectivity index (χ0) is 12.9. The van der Waals surface area contributed by atoms with E-state index in [0.29, 0.717) is 5.56 Å². The van der Waals surface area contributed by atoms with E-state index in [2.05, 4.69) is 5.10 Å². The Morgan fingerprint density at radius 1 is 1.29 bits per heavy atom. The summed E-state index contributed by atoms with van der Waals surface area (Å²) in [7, 11) is 0. The van der Waals surface area contributed by atoms with E-state index in [1.807, 2.05) is 0 Å². The van der Waals surface area contributed by atoms with Gasteiger partial charge in [-0.05, 0) is 0 Å². The molecular formula is C10H9Cl3N2O2. The zero-order valence-corrected chi connectivity index (χ0v) is 10.8. The number of nitrogens with zero attached hydrogens (tertiary/aromatic N) is 1. The normalized spacial score (nSPS) is 12.3. The molecule has 0 aliphatic carbocycles. The predicted molar refractivity (Wildman–Crippen MR) is 68.4 cm³/mol. The number of ether oxygens (including phenoxy) is 1. The molecular weight excluding hydrogens is 286 g/mol. The van der Waals surface area contributed by atoms with Crippen molar-refractivity contribution in [2.24, 2.45) is 10.9 Å². The molecule has 0 spiro atoms. The van der Waals surface area contributed by atoms with Gasteiger partial charge in [0.1, 0.15) is 6.61 Å². The van der Waals surface area contributed by atoms with Crippen LogP contribution in [0.15, 0.2) is 35.4 Å². The molecule has 92 valence electrons. The van der Waals surface area contributed by atoms with Crippen LogP contribution in [-0.4, -0.2) is 22.1 Å². The highest BCUT2D eigenvalue weighted by molar-refractivity contribution is 6.67. The molecule has 0 aliphatic rings. The average molecular weight is 296 g/mol. The van der Waals surface area contributed by atoms with Gasteiger partial charge in [0.15, 0.2) is 5.71 Å². The maximum absolute atomic E-state index is 11.6. The van der Waals surface area contributed by atoms with E-state index in [1.54, 1.807) is 30.3 Å². The minimum atomic E-state index is -1.66. The Morgan fingerprint density at radius 3 is 2.35 bits per heavy atom. The number of alkyl halides is 3.